The molecule has 1 aromatic carbocycles. The predicted molar refractivity (Wildman–Crippen MR) is 100 cm³/mol. The van der Waals surface area contributed by atoms with Gasteiger partial charge in [0.2, 0.25) is 0 Å². The van der Waals surface area contributed by atoms with Gasteiger partial charge < -0.3 is 5.73 Å². The Bertz CT molecular complexity index is 906. The fraction of sp³-hybridized carbons (Fsp3) is 0.400. The lowest BCUT2D eigenvalue weighted by Gasteiger charge is -2.41. The number of aromatic nitrogens is 2. The minimum atomic E-state index is -0.928. The van der Waals surface area contributed by atoms with Gasteiger partial charge in [-0.25, -0.2) is 15.0 Å². The van der Waals surface area contributed by atoms with E-state index in [1.54, 1.807) is 17.3 Å². The third-order valence-electron chi connectivity index (χ3n) is 5.35. The quantitative estimate of drug-likeness (QED) is 0.903. The first-order chi connectivity index (χ1) is 12.4. The highest BCUT2D eigenvalue weighted by Gasteiger charge is 2.54. The first-order valence-electron chi connectivity index (χ1n) is 8.92. The molecule has 1 spiro atoms. The predicted octanol–water partition coefficient (Wildman–Crippen LogP) is 2.49. The molecular weight excluding hydrogens is 326 g/mol. The molecule has 1 atom stereocenters. The summed E-state index contributed by atoms with van der Waals surface area (Å²) >= 11 is 0. The molecule has 2 heterocycles. The van der Waals surface area contributed by atoms with E-state index in [0.29, 0.717) is 18.9 Å². The molecule has 1 amide bonds. The molecule has 6 nitrogen and oxygen atoms in total. The number of guanidine groups is 1. The normalized spacial score (nSPS) is 23.9. The number of nitrogens with zero attached hydrogens (tertiary/aromatic N) is 4. The molecule has 4 rings (SSSR count). The summed E-state index contributed by atoms with van der Waals surface area (Å²) in [6.45, 7) is 6.82. The van der Waals surface area contributed by atoms with Crippen molar-refractivity contribution >= 4 is 11.9 Å². The van der Waals surface area contributed by atoms with Crippen molar-refractivity contribution in [1.82, 2.24) is 14.9 Å². The maximum atomic E-state index is 13.3. The topological polar surface area (TPSA) is 84.5 Å². The van der Waals surface area contributed by atoms with E-state index in [9.17, 15) is 4.79 Å². The zero-order valence-electron chi connectivity index (χ0n) is 15.4. The average Bonchev–Trinajstić information content (AvgIpc) is 2.84. The van der Waals surface area contributed by atoms with Gasteiger partial charge in [0.15, 0.2) is 11.5 Å². The number of nitrogens with two attached hydrogens (primary N) is 1. The van der Waals surface area contributed by atoms with Crippen LogP contribution in [0.5, 0.6) is 0 Å². The number of rotatable bonds is 2. The van der Waals surface area contributed by atoms with Crippen LogP contribution in [0.25, 0.3) is 11.1 Å². The van der Waals surface area contributed by atoms with E-state index in [1.165, 1.54) is 6.33 Å². The highest BCUT2D eigenvalue weighted by atomic mass is 16.2. The van der Waals surface area contributed by atoms with Crippen molar-refractivity contribution in [3.05, 3.63) is 48.0 Å². The standard InChI is InChI=1S/C20H23N5O/c1-4-25-17(26)20(24-18(25)21)11-19(2,3)8-14-6-5-13(7-16(14)20)15-9-22-12-23-10-15/h5-7,9-10,12H,4,8,11H2,1-3H3,(H2,21,24). The fourth-order valence-electron chi connectivity index (χ4n) is 4.34. The van der Waals surface area contributed by atoms with E-state index >= 15 is 0 Å². The number of amides is 1. The number of hydrogen-bond donors (Lipinski definition) is 1. The SMILES string of the molecule is CCN1C(=O)C2(CC(C)(C)Cc3ccc(-c4cncnc4)cc32)N=C1N. The van der Waals surface area contributed by atoms with Gasteiger partial charge in [-0.1, -0.05) is 26.0 Å². The van der Waals surface area contributed by atoms with Gasteiger partial charge in [-0.2, -0.15) is 0 Å². The largest absolute Gasteiger partial charge is 0.369 e. The summed E-state index contributed by atoms with van der Waals surface area (Å²) in [6.07, 6.45) is 6.63. The van der Waals surface area contributed by atoms with Gasteiger partial charge in [0.1, 0.15) is 6.33 Å². The van der Waals surface area contributed by atoms with Crippen LogP contribution in [0, 0.1) is 5.41 Å². The molecule has 1 aliphatic carbocycles. The van der Waals surface area contributed by atoms with Crippen LogP contribution >= 0.6 is 0 Å². The van der Waals surface area contributed by atoms with Crippen LogP contribution in [-0.2, 0) is 16.8 Å². The van der Waals surface area contributed by atoms with Crippen LogP contribution in [-0.4, -0.2) is 33.3 Å². The molecule has 1 aliphatic heterocycles. The molecule has 26 heavy (non-hydrogen) atoms. The van der Waals surface area contributed by atoms with Crippen molar-refractivity contribution < 1.29 is 4.79 Å². The number of carbonyl (C=O) groups is 1. The molecule has 0 radical (unpaired) electrons. The first-order valence-corrected chi connectivity index (χ1v) is 8.92. The highest BCUT2D eigenvalue weighted by molar-refractivity contribution is 6.07. The summed E-state index contributed by atoms with van der Waals surface area (Å²) in [6, 6.07) is 6.24. The van der Waals surface area contributed by atoms with E-state index in [0.717, 1.165) is 28.7 Å². The molecule has 0 saturated heterocycles. The van der Waals surface area contributed by atoms with Crippen molar-refractivity contribution in [2.24, 2.45) is 16.1 Å². The third-order valence-corrected chi connectivity index (χ3v) is 5.35. The maximum absolute atomic E-state index is 13.3. The molecule has 1 unspecified atom stereocenters. The van der Waals surface area contributed by atoms with Crippen molar-refractivity contribution in [3.63, 3.8) is 0 Å². The Morgan fingerprint density at radius 2 is 1.92 bits per heavy atom. The van der Waals surface area contributed by atoms with E-state index in [1.807, 2.05) is 6.92 Å². The Kier molecular flexibility index (Phi) is 3.61. The highest BCUT2D eigenvalue weighted by Crippen LogP contribution is 2.50. The molecule has 2 N–H and O–H groups in total. The van der Waals surface area contributed by atoms with Crippen molar-refractivity contribution in [1.29, 1.82) is 0 Å². The first kappa shape index (κ1) is 16.7. The lowest BCUT2D eigenvalue weighted by Crippen LogP contribution is -2.47. The van der Waals surface area contributed by atoms with Gasteiger partial charge in [-0.15, -0.1) is 0 Å². The van der Waals surface area contributed by atoms with Gasteiger partial charge in [0.25, 0.3) is 5.91 Å². The van der Waals surface area contributed by atoms with Crippen LogP contribution < -0.4 is 5.73 Å². The number of fused-ring (bicyclic) bond motifs is 2. The van der Waals surface area contributed by atoms with Crippen molar-refractivity contribution in [2.75, 3.05) is 6.54 Å². The van der Waals surface area contributed by atoms with Crippen LogP contribution in [0.3, 0.4) is 0 Å². The summed E-state index contributed by atoms with van der Waals surface area (Å²) in [5.41, 5.74) is 9.18. The van der Waals surface area contributed by atoms with Gasteiger partial charge >= 0.3 is 0 Å². The number of hydrogen-bond acceptors (Lipinski definition) is 5. The lowest BCUT2D eigenvalue weighted by atomic mass is 9.65. The Labute approximate surface area is 153 Å². The minimum absolute atomic E-state index is 0.0204. The van der Waals surface area contributed by atoms with Gasteiger partial charge in [-0.3, -0.25) is 9.69 Å². The monoisotopic (exact) mass is 349 g/mol. The van der Waals surface area contributed by atoms with Crippen LogP contribution in [0.4, 0.5) is 0 Å². The van der Waals surface area contributed by atoms with E-state index in [4.69, 9.17) is 10.7 Å². The van der Waals surface area contributed by atoms with Crippen molar-refractivity contribution in [3.8, 4) is 11.1 Å². The summed E-state index contributed by atoms with van der Waals surface area (Å²) in [7, 11) is 0. The molecule has 2 aromatic rings. The smallest absolute Gasteiger partial charge is 0.261 e. The molecule has 1 aromatic heterocycles. The van der Waals surface area contributed by atoms with Gasteiger partial charge in [-0.05, 0) is 47.9 Å². The second-order valence-corrected chi connectivity index (χ2v) is 7.90. The Balaban J connectivity index is 1.92. The van der Waals surface area contributed by atoms with Crippen LogP contribution in [0.2, 0.25) is 0 Å². The third kappa shape index (κ3) is 2.40. The zero-order valence-corrected chi connectivity index (χ0v) is 15.4. The Morgan fingerprint density at radius 1 is 1.19 bits per heavy atom. The van der Waals surface area contributed by atoms with Gasteiger partial charge in [0, 0.05) is 24.5 Å². The summed E-state index contributed by atoms with van der Waals surface area (Å²) in [4.78, 5) is 27.8. The zero-order chi connectivity index (χ0) is 18.5. The molecule has 0 bridgehead atoms. The van der Waals surface area contributed by atoms with E-state index < -0.39 is 5.54 Å². The van der Waals surface area contributed by atoms with E-state index in [-0.39, 0.29) is 11.3 Å². The number of likely N-dealkylation sites (N-methyl/N-ethyl adjacent to an activating group) is 1. The molecule has 2 aliphatic rings. The van der Waals surface area contributed by atoms with Crippen LogP contribution in [0.1, 0.15) is 38.3 Å². The number of carbonyl (C=O) groups excluding carboxylic acids is 1. The van der Waals surface area contributed by atoms with Crippen molar-refractivity contribution in [2.45, 2.75) is 39.2 Å². The Hall–Kier alpha value is -2.76. The summed E-state index contributed by atoms with van der Waals surface area (Å²) in [5, 5.41) is 0. The molecule has 0 fully saturated rings. The number of benzene rings is 1. The molecule has 0 saturated carbocycles. The molecular formula is C20H23N5O. The van der Waals surface area contributed by atoms with Crippen LogP contribution in [0.15, 0.2) is 41.9 Å². The second kappa shape index (κ2) is 5.62. The molecule has 134 valence electrons. The minimum Gasteiger partial charge on any atom is -0.369 e. The van der Waals surface area contributed by atoms with Gasteiger partial charge in [0.05, 0.1) is 0 Å². The van der Waals surface area contributed by atoms with E-state index in [2.05, 4.69) is 42.0 Å². The summed E-state index contributed by atoms with van der Waals surface area (Å²) < 4.78 is 0. The Morgan fingerprint density at radius 3 is 2.58 bits per heavy atom. The maximum Gasteiger partial charge on any atom is 0.261 e. The number of aliphatic imine (C=N–C) groups is 1. The second-order valence-electron chi connectivity index (χ2n) is 7.90. The average molecular weight is 349 g/mol. The molecule has 6 heteroatoms. The summed E-state index contributed by atoms with van der Waals surface area (Å²) in [5.74, 6) is 0.294. The fourth-order valence-corrected chi connectivity index (χ4v) is 4.34. The lowest BCUT2D eigenvalue weighted by molar-refractivity contribution is -0.133.